The molecule has 5 nitrogen and oxygen atoms in total. The maximum atomic E-state index is 13.0. The van der Waals surface area contributed by atoms with Crippen LogP contribution in [0.2, 0.25) is 0 Å². The van der Waals surface area contributed by atoms with E-state index in [-0.39, 0.29) is 5.57 Å². The molecule has 0 aliphatic carbocycles. The molecule has 0 saturated carbocycles. The SMILES string of the molecule is Cc1cc(C=C2C(=O)OC(C)(C)OC2=O)c(C)n1-c1cccc(C(F)(F)F)c1. The largest absolute Gasteiger partial charge is 0.419 e. The van der Waals surface area contributed by atoms with Crippen molar-refractivity contribution < 1.29 is 32.2 Å². The summed E-state index contributed by atoms with van der Waals surface area (Å²) in [7, 11) is 0. The van der Waals surface area contributed by atoms with Crippen LogP contribution in [0, 0.1) is 13.8 Å². The molecule has 0 amide bonds. The van der Waals surface area contributed by atoms with Crippen LogP contribution in [0.3, 0.4) is 0 Å². The highest BCUT2D eigenvalue weighted by atomic mass is 19.4. The van der Waals surface area contributed by atoms with Gasteiger partial charge in [-0.15, -0.1) is 0 Å². The van der Waals surface area contributed by atoms with Gasteiger partial charge in [0.2, 0.25) is 0 Å². The molecule has 28 heavy (non-hydrogen) atoms. The predicted octanol–water partition coefficient (Wildman–Crippen LogP) is 4.33. The molecule has 0 spiro atoms. The topological polar surface area (TPSA) is 57.5 Å². The summed E-state index contributed by atoms with van der Waals surface area (Å²) in [5, 5.41) is 0. The quantitative estimate of drug-likeness (QED) is 0.433. The zero-order valence-electron chi connectivity index (χ0n) is 15.7. The number of halogens is 3. The lowest BCUT2D eigenvalue weighted by Gasteiger charge is -2.29. The predicted molar refractivity (Wildman–Crippen MR) is 94.5 cm³/mol. The summed E-state index contributed by atoms with van der Waals surface area (Å²) in [6.45, 7) is 6.29. The van der Waals surface area contributed by atoms with E-state index in [0.717, 1.165) is 12.1 Å². The van der Waals surface area contributed by atoms with Crippen LogP contribution in [0.4, 0.5) is 13.2 Å². The summed E-state index contributed by atoms with van der Waals surface area (Å²) in [6.07, 6.45) is -3.13. The van der Waals surface area contributed by atoms with E-state index in [0.29, 0.717) is 22.6 Å². The third-order valence-corrected chi connectivity index (χ3v) is 4.32. The first-order chi connectivity index (χ1) is 12.9. The Morgan fingerprint density at radius 3 is 2.21 bits per heavy atom. The first kappa shape index (κ1) is 19.7. The van der Waals surface area contributed by atoms with Crippen molar-refractivity contribution in [3.05, 3.63) is 58.4 Å². The van der Waals surface area contributed by atoms with Crippen LogP contribution in [0.25, 0.3) is 11.8 Å². The molecule has 1 aromatic carbocycles. The van der Waals surface area contributed by atoms with Gasteiger partial charge in [0, 0.05) is 30.9 Å². The molecule has 1 fully saturated rings. The number of alkyl halides is 3. The fourth-order valence-corrected chi connectivity index (χ4v) is 3.09. The zero-order valence-corrected chi connectivity index (χ0v) is 15.7. The second-order valence-electron chi connectivity index (χ2n) is 6.95. The molecule has 0 atom stereocenters. The average Bonchev–Trinajstić information content (AvgIpc) is 2.83. The Bertz CT molecular complexity index is 977. The van der Waals surface area contributed by atoms with E-state index in [1.165, 1.54) is 26.0 Å². The maximum absolute atomic E-state index is 13.0. The lowest BCUT2D eigenvalue weighted by Crippen LogP contribution is -2.41. The van der Waals surface area contributed by atoms with Crippen LogP contribution in [0.1, 0.15) is 36.4 Å². The molecule has 8 heteroatoms. The van der Waals surface area contributed by atoms with Crippen LogP contribution in [0.15, 0.2) is 35.9 Å². The third kappa shape index (κ3) is 3.67. The number of rotatable bonds is 2. The molecule has 3 rings (SSSR count). The highest BCUT2D eigenvalue weighted by Crippen LogP contribution is 2.32. The van der Waals surface area contributed by atoms with Gasteiger partial charge in [-0.1, -0.05) is 6.07 Å². The van der Waals surface area contributed by atoms with Gasteiger partial charge in [0.25, 0.3) is 5.79 Å². The minimum atomic E-state index is -4.46. The highest BCUT2D eigenvalue weighted by molar-refractivity contribution is 6.18. The molecular formula is C20H18F3NO4. The van der Waals surface area contributed by atoms with Gasteiger partial charge in [-0.3, -0.25) is 0 Å². The number of nitrogens with zero attached hydrogens (tertiary/aromatic N) is 1. The van der Waals surface area contributed by atoms with Crippen molar-refractivity contribution in [3.8, 4) is 5.69 Å². The van der Waals surface area contributed by atoms with Crippen LogP contribution in [-0.4, -0.2) is 22.3 Å². The van der Waals surface area contributed by atoms with Crippen molar-refractivity contribution in [2.75, 3.05) is 0 Å². The fraction of sp³-hybridized carbons (Fsp3) is 0.300. The van der Waals surface area contributed by atoms with Crippen LogP contribution in [0.5, 0.6) is 0 Å². The molecule has 1 aromatic heterocycles. The number of ether oxygens (including phenoxy) is 2. The normalized spacial score (nSPS) is 16.6. The van der Waals surface area contributed by atoms with Gasteiger partial charge in [-0.2, -0.15) is 13.2 Å². The van der Waals surface area contributed by atoms with Gasteiger partial charge >= 0.3 is 18.1 Å². The lowest BCUT2D eigenvalue weighted by molar-refractivity contribution is -0.222. The van der Waals surface area contributed by atoms with Crippen molar-refractivity contribution in [2.45, 2.75) is 39.7 Å². The second-order valence-corrected chi connectivity index (χ2v) is 6.95. The Morgan fingerprint density at radius 2 is 1.64 bits per heavy atom. The van der Waals surface area contributed by atoms with Crippen molar-refractivity contribution in [3.63, 3.8) is 0 Å². The van der Waals surface area contributed by atoms with Crippen LogP contribution >= 0.6 is 0 Å². The second kappa shape index (κ2) is 6.54. The summed E-state index contributed by atoms with van der Waals surface area (Å²) in [6, 6.07) is 6.59. The first-order valence-corrected chi connectivity index (χ1v) is 8.44. The molecule has 2 aromatic rings. The molecular weight excluding hydrogens is 375 g/mol. The molecule has 1 aliphatic rings. The van der Waals surface area contributed by atoms with Gasteiger partial charge in [-0.05, 0) is 49.8 Å². The number of carbonyl (C=O) groups is 2. The van der Waals surface area contributed by atoms with E-state index in [2.05, 4.69) is 0 Å². The Morgan fingerprint density at radius 1 is 1.04 bits per heavy atom. The molecule has 0 bridgehead atoms. The van der Waals surface area contributed by atoms with Gasteiger partial charge in [0.05, 0.1) is 5.56 Å². The minimum absolute atomic E-state index is 0.274. The Kier molecular flexibility index (Phi) is 4.61. The standard InChI is InChI=1S/C20H18F3NO4/c1-11-8-13(9-16-17(25)27-19(3,4)28-18(16)26)12(2)24(11)15-7-5-6-14(10-15)20(21,22)23/h5-10H,1-4H3. The van der Waals surface area contributed by atoms with Gasteiger partial charge in [0.15, 0.2) is 0 Å². The van der Waals surface area contributed by atoms with E-state index >= 15 is 0 Å². The third-order valence-electron chi connectivity index (χ3n) is 4.32. The molecule has 1 aliphatic heterocycles. The monoisotopic (exact) mass is 393 g/mol. The number of carbonyl (C=O) groups excluding carboxylic acids is 2. The Labute approximate surface area is 159 Å². The minimum Gasteiger partial charge on any atom is -0.419 e. The van der Waals surface area contributed by atoms with E-state index < -0.39 is 29.5 Å². The zero-order chi connectivity index (χ0) is 20.9. The number of esters is 2. The Hall–Kier alpha value is -3.03. The first-order valence-electron chi connectivity index (χ1n) is 8.44. The number of aromatic nitrogens is 1. The van der Waals surface area contributed by atoms with E-state index in [4.69, 9.17) is 9.47 Å². The van der Waals surface area contributed by atoms with Gasteiger partial charge in [0.1, 0.15) is 5.57 Å². The molecule has 0 radical (unpaired) electrons. The lowest BCUT2D eigenvalue weighted by atomic mass is 10.1. The number of cyclic esters (lactones) is 2. The van der Waals surface area contributed by atoms with Crippen molar-refractivity contribution in [2.24, 2.45) is 0 Å². The Balaban J connectivity index is 2.04. The molecule has 1 saturated heterocycles. The number of hydrogen-bond donors (Lipinski definition) is 0. The van der Waals surface area contributed by atoms with Crippen LogP contribution < -0.4 is 0 Å². The van der Waals surface area contributed by atoms with Gasteiger partial charge in [-0.25, -0.2) is 9.59 Å². The number of hydrogen-bond acceptors (Lipinski definition) is 4. The number of aryl methyl sites for hydroxylation is 1. The smallest absolute Gasteiger partial charge is 0.416 e. The molecule has 0 N–H and O–H groups in total. The molecule has 2 heterocycles. The van der Waals surface area contributed by atoms with E-state index in [9.17, 15) is 22.8 Å². The van der Waals surface area contributed by atoms with Crippen molar-refractivity contribution in [1.82, 2.24) is 4.57 Å². The molecule has 148 valence electrons. The summed E-state index contributed by atoms with van der Waals surface area (Å²) < 4.78 is 50.8. The van der Waals surface area contributed by atoms with E-state index in [1.807, 2.05) is 0 Å². The summed E-state index contributed by atoms with van der Waals surface area (Å²) in [4.78, 5) is 24.3. The van der Waals surface area contributed by atoms with Crippen molar-refractivity contribution in [1.29, 1.82) is 0 Å². The summed E-state index contributed by atoms with van der Waals surface area (Å²) in [5.41, 5.74) is 0.988. The highest BCUT2D eigenvalue weighted by Gasteiger charge is 2.39. The van der Waals surface area contributed by atoms with Gasteiger partial charge < -0.3 is 14.0 Å². The maximum Gasteiger partial charge on any atom is 0.416 e. The fourth-order valence-electron chi connectivity index (χ4n) is 3.09. The summed E-state index contributed by atoms with van der Waals surface area (Å²) in [5.74, 6) is -2.98. The van der Waals surface area contributed by atoms with E-state index in [1.54, 1.807) is 30.5 Å². The summed E-state index contributed by atoms with van der Waals surface area (Å²) >= 11 is 0. The average molecular weight is 393 g/mol. The molecule has 0 unspecified atom stereocenters. The van der Waals surface area contributed by atoms with Crippen molar-refractivity contribution >= 4 is 18.0 Å². The number of benzene rings is 1. The van der Waals surface area contributed by atoms with Crippen LogP contribution in [-0.2, 0) is 25.2 Å².